The van der Waals surface area contributed by atoms with Crippen LogP contribution in [0.15, 0.2) is 29.3 Å². The van der Waals surface area contributed by atoms with Gasteiger partial charge in [-0.1, -0.05) is 17.7 Å². The van der Waals surface area contributed by atoms with Gasteiger partial charge in [-0.15, -0.1) is 24.0 Å². The molecular weight excluding hydrogens is 489 g/mol. The Labute approximate surface area is 190 Å². The Morgan fingerprint density at radius 2 is 2.04 bits per heavy atom. The van der Waals surface area contributed by atoms with Gasteiger partial charge in [0.1, 0.15) is 11.9 Å². The Kier molecular flexibility index (Phi) is 10.1. The normalized spacial score (nSPS) is 13.5. The molecule has 8 heteroatoms. The van der Waals surface area contributed by atoms with Crippen molar-refractivity contribution in [2.45, 2.75) is 46.3 Å². The van der Waals surface area contributed by atoms with E-state index in [4.69, 9.17) is 16.3 Å². The highest BCUT2D eigenvalue weighted by atomic mass is 127. The summed E-state index contributed by atoms with van der Waals surface area (Å²) >= 11 is 6.00. The average Bonchev–Trinajstić information content (AvgIpc) is 2.84. The van der Waals surface area contributed by atoms with E-state index in [0.29, 0.717) is 11.6 Å². The van der Waals surface area contributed by atoms with Crippen molar-refractivity contribution >= 4 is 41.5 Å². The maximum atomic E-state index is 6.00. The van der Waals surface area contributed by atoms with Crippen molar-refractivity contribution in [3.63, 3.8) is 0 Å². The van der Waals surface area contributed by atoms with Crippen LogP contribution in [0.2, 0.25) is 5.02 Å². The van der Waals surface area contributed by atoms with Gasteiger partial charge in [0.05, 0.1) is 12.2 Å². The number of hydrogen-bond acceptors (Lipinski definition) is 3. The number of rotatable bonds is 7. The summed E-state index contributed by atoms with van der Waals surface area (Å²) in [6.07, 6.45) is 0.862. The highest BCUT2D eigenvalue weighted by molar-refractivity contribution is 14.0. The van der Waals surface area contributed by atoms with Gasteiger partial charge in [-0.25, -0.2) is 0 Å². The lowest BCUT2D eigenvalue weighted by molar-refractivity contribution is 0.223. The molecule has 1 heterocycles. The van der Waals surface area contributed by atoms with E-state index < -0.39 is 0 Å². The molecule has 2 atom stereocenters. The van der Waals surface area contributed by atoms with Gasteiger partial charge in [0.15, 0.2) is 5.96 Å². The van der Waals surface area contributed by atoms with E-state index >= 15 is 0 Å². The molecule has 0 spiro atoms. The first-order chi connectivity index (χ1) is 12.8. The van der Waals surface area contributed by atoms with Crippen molar-refractivity contribution in [3.8, 4) is 5.75 Å². The van der Waals surface area contributed by atoms with E-state index in [9.17, 15) is 0 Å². The molecule has 0 saturated carbocycles. The van der Waals surface area contributed by atoms with Crippen LogP contribution in [0.4, 0.5) is 0 Å². The highest BCUT2D eigenvalue weighted by Crippen LogP contribution is 2.18. The second-order valence-corrected chi connectivity index (χ2v) is 7.30. The predicted octanol–water partition coefficient (Wildman–Crippen LogP) is 3.87. The molecule has 2 rings (SSSR count). The second-order valence-electron chi connectivity index (χ2n) is 6.86. The number of aromatic nitrogens is 2. The van der Waals surface area contributed by atoms with E-state index in [1.54, 1.807) is 7.05 Å². The van der Waals surface area contributed by atoms with Crippen LogP contribution in [0.1, 0.15) is 30.8 Å². The number of nitrogens with one attached hydrogen (secondary N) is 2. The van der Waals surface area contributed by atoms with Gasteiger partial charge in [-0.2, -0.15) is 5.10 Å². The lowest BCUT2D eigenvalue weighted by Crippen LogP contribution is -2.45. The Bertz CT molecular complexity index is 793. The Morgan fingerprint density at radius 3 is 2.61 bits per heavy atom. The van der Waals surface area contributed by atoms with Gasteiger partial charge in [0.25, 0.3) is 0 Å². The molecule has 28 heavy (non-hydrogen) atoms. The number of benzene rings is 1. The monoisotopic (exact) mass is 519 g/mol. The number of aryl methyl sites for hydroxylation is 2. The molecule has 0 fully saturated rings. The molecule has 156 valence electrons. The second kappa shape index (κ2) is 11.5. The third kappa shape index (κ3) is 7.16. The van der Waals surface area contributed by atoms with Crippen molar-refractivity contribution in [3.05, 3.63) is 46.2 Å². The number of ether oxygens (including phenoxy) is 1. The number of guanidine groups is 1. The maximum absolute atomic E-state index is 6.00. The zero-order valence-corrected chi connectivity index (χ0v) is 20.5. The summed E-state index contributed by atoms with van der Waals surface area (Å²) in [6.45, 7) is 8.93. The molecule has 6 nitrogen and oxygen atoms in total. The third-order valence-corrected chi connectivity index (χ3v) is 4.70. The zero-order valence-electron chi connectivity index (χ0n) is 17.4. The molecule has 1 aromatic carbocycles. The van der Waals surface area contributed by atoms with E-state index in [0.717, 1.165) is 23.8 Å². The van der Waals surface area contributed by atoms with Crippen LogP contribution in [-0.2, 0) is 13.5 Å². The molecule has 2 aromatic rings. The van der Waals surface area contributed by atoms with Gasteiger partial charge in [0, 0.05) is 30.9 Å². The van der Waals surface area contributed by atoms with Crippen molar-refractivity contribution in [2.24, 2.45) is 12.0 Å². The van der Waals surface area contributed by atoms with Crippen LogP contribution in [-0.4, -0.2) is 41.5 Å². The maximum Gasteiger partial charge on any atom is 0.191 e. The topological polar surface area (TPSA) is 63.5 Å². The van der Waals surface area contributed by atoms with Crippen LogP contribution in [0, 0.1) is 13.8 Å². The first-order valence-corrected chi connectivity index (χ1v) is 9.56. The fourth-order valence-electron chi connectivity index (χ4n) is 2.95. The predicted molar refractivity (Wildman–Crippen MR) is 127 cm³/mol. The van der Waals surface area contributed by atoms with Gasteiger partial charge in [0.2, 0.25) is 0 Å². The SMILES string of the molecule is CN=C(NCC(C)Oc1cccc(Cl)c1)NC(C)Cc1c(C)nn(C)c1C.I. The number of nitrogens with zero attached hydrogens (tertiary/aromatic N) is 3. The summed E-state index contributed by atoms with van der Waals surface area (Å²) in [6, 6.07) is 7.64. The minimum Gasteiger partial charge on any atom is -0.489 e. The Balaban J connectivity index is 0.00000392. The average molecular weight is 520 g/mol. The Morgan fingerprint density at radius 1 is 1.32 bits per heavy atom. The summed E-state index contributed by atoms with van der Waals surface area (Å²) in [5.74, 6) is 1.51. The molecule has 0 aliphatic carbocycles. The largest absolute Gasteiger partial charge is 0.489 e. The van der Waals surface area contributed by atoms with Crippen molar-refractivity contribution < 1.29 is 4.74 Å². The Hall–Kier alpha value is -1.48. The lowest BCUT2D eigenvalue weighted by Gasteiger charge is -2.21. The van der Waals surface area contributed by atoms with Crippen LogP contribution in [0.25, 0.3) is 0 Å². The van der Waals surface area contributed by atoms with E-state index in [-0.39, 0.29) is 36.1 Å². The molecule has 2 unspecified atom stereocenters. The van der Waals surface area contributed by atoms with Gasteiger partial charge in [-0.05, 0) is 57.9 Å². The van der Waals surface area contributed by atoms with Crippen molar-refractivity contribution in [1.29, 1.82) is 0 Å². The smallest absolute Gasteiger partial charge is 0.191 e. The zero-order chi connectivity index (χ0) is 20.0. The molecular formula is C20H31ClIN5O. The van der Waals surface area contributed by atoms with Crippen LogP contribution in [0.3, 0.4) is 0 Å². The minimum atomic E-state index is -0.0277. The molecule has 2 N–H and O–H groups in total. The van der Waals surface area contributed by atoms with Gasteiger partial charge >= 0.3 is 0 Å². The first-order valence-electron chi connectivity index (χ1n) is 9.18. The standard InChI is InChI=1S/C20H30ClN5O.HI/c1-13(10-19-15(3)25-26(6)16(19)4)24-20(22-5)23-12-14(2)27-18-9-7-8-17(21)11-18;/h7-9,11,13-14H,10,12H2,1-6H3,(H2,22,23,24);1H. The fourth-order valence-corrected chi connectivity index (χ4v) is 3.13. The fraction of sp³-hybridized carbons (Fsp3) is 0.500. The van der Waals surface area contributed by atoms with Gasteiger partial charge in [-0.3, -0.25) is 9.67 Å². The highest BCUT2D eigenvalue weighted by Gasteiger charge is 2.14. The summed E-state index contributed by atoms with van der Waals surface area (Å²) < 4.78 is 7.81. The summed E-state index contributed by atoms with van der Waals surface area (Å²) in [5.41, 5.74) is 3.56. The summed E-state index contributed by atoms with van der Waals surface area (Å²) in [4.78, 5) is 4.31. The first kappa shape index (κ1) is 24.6. The van der Waals surface area contributed by atoms with Crippen molar-refractivity contribution in [1.82, 2.24) is 20.4 Å². The molecule has 1 aromatic heterocycles. The third-order valence-electron chi connectivity index (χ3n) is 4.47. The van der Waals surface area contributed by atoms with E-state index in [2.05, 4.69) is 41.5 Å². The molecule has 0 aliphatic rings. The van der Waals surface area contributed by atoms with Crippen molar-refractivity contribution in [2.75, 3.05) is 13.6 Å². The molecule has 0 aliphatic heterocycles. The van der Waals surface area contributed by atoms with Crippen LogP contribution < -0.4 is 15.4 Å². The van der Waals surface area contributed by atoms with E-state index in [1.807, 2.05) is 42.9 Å². The quantitative estimate of drug-likeness (QED) is 0.331. The summed E-state index contributed by atoms with van der Waals surface area (Å²) in [5, 5.41) is 11.9. The van der Waals surface area contributed by atoms with E-state index in [1.165, 1.54) is 11.3 Å². The lowest BCUT2D eigenvalue weighted by atomic mass is 10.1. The molecule has 0 amide bonds. The van der Waals surface area contributed by atoms with Crippen LogP contribution in [0.5, 0.6) is 5.75 Å². The van der Waals surface area contributed by atoms with Gasteiger partial charge < -0.3 is 15.4 Å². The molecule has 0 bridgehead atoms. The number of hydrogen-bond donors (Lipinski definition) is 2. The summed E-state index contributed by atoms with van der Waals surface area (Å²) in [7, 11) is 3.75. The number of aliphatic imine (C=N–C) groups is 1. The molecule has 0 radical (unpaired) electrons. The minimum absolute atomic E-state index is 0. The van der Waals surface area contributed by atoms with Crippen LogP contribution >= 0.6 is 35.6 Å². The molecule has 0 saturated heterocycles. The number of halogens is 2.